The van der Waals surface area contributed by atoms with Gasteiger partial charge >= 0.3 is 0 Å². The number of thiophene rings is 1. The van der Waals surface area contributed by atoms with Crippen LogP contribution in [-0.4, -0.2) is 27.0 Å². The predicted molar refractivity (Wildman–Crippen MR) is 93.6 cm³/mol. The molecule has 0 aliphatic heterocycles. The fourth-order valence-corrected chi connectivity index (χ4v) is 3.72. The van der Waals surface area contributed by atoms with Crippen LogP contribution in [0.25, 0.3) is 11.4 Å². The Kier molecular flexibility index (Phi) is 5.03. The summed E-state index contributed by atoms with van der Waals surface area (Å²) in [6, 6.07) is 10.2. The monoisotopic (exact) mass is 408 g/mol. The minimum atomic E-state index is -0.441. The number of nitrogens with zero attached hydrogens (tertiary/aromatic N) is 4. The molecule has 0 fully saturated rings. The maximum absolute atomic E-state index is 10.7. The van der Waals surface area contributed by atoms with E-state index < -0.39 is 4.92 Å². The fraction of sp³-hybridized carbons (Fsp3) is 0.200. The molecule has 0 saturated carbocycles. The van der Waals surface area contributed by atoms with Gasteiger partial charge in [-0.25, -0.2) is 0 Å². The first kappa shape index (κ1) is 16.7. The van der Waals surface area contributed by atoms with Crippen molar-refractivity contribution in [2.75, 3.05) is 7.05 Å². The third kappa shape index (κ3) is 4.05. The molecule has 7 nitrogen and oxygen atoms in total. The van der Waals surface area contributed by atoms with Crippen LogP contribution in [0.15, 0.2) is 44.7 Å². The Labute approximate surface area is 150 Å². The zero-order chi connectivity index (χ0) is 17.1. The predicted octanol–water partition coefficient (Wildman–Crippen LogP) is 4.10. The Morgan fingerprint density at radius 2 is 2.00 bits per heavy atom. The molecule has 1 aromatic carbocycles. The van der Waals surface area contributed by atoms with Crippen LogP contribution in [-0.2, 0) is 13.1 Å². The highest BCUT2D eigenvalue weighted by atomic mass is 79.9. The molecule has 0 aliphatic rings. The lowest BCUT2D eigenvalue weighted by Gasteiger charge is -2.12. The first-order chi connectivity index (χ1) is 11.5. The number of benzene rings is 1. The molecule has 9 heteroatoms. The third-order valence-corrected chi connectivity index (χ3v) is 4.87. The Morgan fingerprint density at radius 3 is 2.62 bits per heavy atom. The standard InChI is InChI=1S/C15H13BrN4O3S/c1-19(8-12-6-7-13(16)24-12)9-14-17-15(18-23-14)10-2-4-11(5-3-10)20(21)22/h2-7H,8-9H2,1H3. The van der Waals surface area contributed by atoms with Gasteiger partial charge in [-0.2, -0.15) is 4.98 Å². The zero-order valence-electron chi connectivity index (χ0n) is 12.7. The van der Waals surface area contributed by atoms with E-state index in [0.717, 1.165) is 10.3 Å². The molecule has 24 heavy (non-hydrogen) atoms. The highest BCUT2D eigenvalue weighted by Crippen LogP contribution is 2.24. The van der Waals surface area contributed by atoms with E-state index in [1.165, 1.54) is 17.0 Å². The van der Waals surface area contributed by atoms with E-state index >= 15 is 0 Å². The first-order valence-electron chi connectivity index (χ1n) is 7.01. The summed E-state index contributed by atoms with van der Waals surface area (Å²) >= 11 is 5.13. The molecule has 0 amide bonds. The molecular formula is C15H13BrN4O3S. The van der Waals surface area contributed by atoms with Gasteiger partial charge in [0.15, 0.2) is 0 Å². The van der Waals surface area contributed by atoms with Gasteiger partial charge in [0.25, 0.3) is 5.69 Å². The molecule has 124 valence electrons. The summed E-state index contributed by atoms with van der Waals surface area (Å²) in [6.45, 7) is 1.31. The quantitative estimate of drug-likeness (QED) is 0.450. The first-order valence-corrected chi connectivity index (χ1v) is 8.62. The van der Waals surface area contributed by atoms with E-state index in [1.54, 1.807) is 23.5 Å². The van der Waals surface area contributed by atoms with Crippen LogP contribution in [0, 0.1) is 10.1 Å². The van der Waals surface area contributed by atoms with Gasteiger partial charge in [-0.3, -0.25) is 15.0 Å². The van der Waals surface area contributed by atoms with E-state index in [9.17, 15) is 10.1 Å². The summed E-state index contributed by atoms with van der Waals surface area (Å²) in [5.41, 5.74) is 0.713. The van der Waals surface area contributed by atoms with Gasteiger partial charge < -0.3 is 4.52 Å². The van der Waals surface area contributed by atoms with Gasteiger partial charge in [0.2, 0.25) is 11.7 Å². The SMILES string of the molecule is CN(Cc1nc(-c2ccc([N+](=O)[O-])cc2)no1)Cc1ccc(Br)s1. The normalized spacial score (nSPS) is 11.1. The maximum atomic E-state index is 10.7. The van der Waals surface area contributed by atoms with Gasteiger partial charge in [-0.15, -0.1) is 11.3 Å². The van der Waals surface area contributed by atoms with Crippen molar-refractivity contribution < 1.29 is 9.45 Å². The zero-order valence-corrected chi connectivity index (χ0v) is 15.1. The molecule has 0 aliphatic carbocycles. The molecular weight excluding hydrogens is 396 g/mol. The van der Waals surface area contributed by atoms with Crippen molar-refractivity contribution >= 4 is 33.0 Å². The molecule has 0 saturated heterocycles. The molecule has 0 spiro atoms. The van der Waals surface area contributed by atoms with Gasteiger partial charge in [-0.1, -0.05) is 5.16 Å². The summed E-state index contributed by atoms with van der Waals surface area (Å²) in [5.74, 6) is 0.925. The van der Waals surface area contributed by atoms with Crippen LogP contribution in [0.3, 0.4) is 0 Å². The van der Waals surface area contributed by atoms with E-state index in [-0.39, 0.29) is 5.69 Å². The molecule has 2 heterocycles. The van der Waals surface area contributed by atoms with Gasteiger partial charge in [0.1, 0.15) is 0 Å². The van der Waals surface area contributed by atoms with Crippen molar-refractivity contribution in [2.24, 2.45) is 0 Å². The Bertz CT molecular complexity index is 847. The van der Waals surface area contributed by atoms with Crippen molar-refractivity contribution in [3.8, 4) is 11.4 Å². The lowest BCUT2D eigenvalue weighted by molar-refractivity contribution is -0.384. The van der Waals surface area contributed by atoms with E-state index in [1.807, 2.05) is 13.1 Å². The topological polar surface area (TPSA) is 85.3 Å². The summed E-state index contributed by atoms with van der Waals surface area (Å²) in [7, 11) is 1.98. The van der Waals surface area contributed by atoms with Gasteiger partial charge in [-0.05, 0) is 47.2 Å². The summed E-state index contributed by atoms with van der Waals surface area (Å²) < 4.78 is 6.37. The van der Waals surface area contributed by atoms with E-state index in [2.05, 4.69) is 37.0 Å². The molecule has 0 atom stereocenters. The second-order valence-electron chi connectivity index (χ2n) is 5.19. The summed E-state index contributed by atoms with van der Waals surface area (Å²) in [5, 5.41) is 14.6. The Hall–Kier alpha value is -2.10. The smallest absolute Gasteiger partial charge is 0.269 e. The molecule has 0 unspecified atom stereocenters. The lowest BCUT2D eigenvalue weighted by Crippen LogP contribution is -2.16. The van der Waals surface area contributed by atoms with Crippen molar-refractivity contribution in [3.05, 3.63) is 61.1 Å². The molecule has 3 aromatic rings. The van der Waals surface area contributed by atoms with Crippen LogP contribution in [0.5, 0.6) is 0 Å². The van der Waals surface area contributed by atoms with Crippen LogP contribution in [0.1, 0.15) is 10.8 Å². The number of nitro groups is 1. The third-order valence-electron chi connectivity index (χ3n) is 3.26. The number of hydrogen-bond acceptors (Lipinski definition) is 7. The highest BCUT2D eigenvalue weighted by molar-refractivity contribution is 9.11. The number of hydrogen-bond donors (Lipinski definition) is 0. The second kappa shape index (κ2) is 7.20. The summed E-state index contributed by atoms with van der Waals surface area (Å²) in [4.78, 5) is 17.9. The minimum absolute atomic E-state index is 0.0318. The number of aromatic nitrogens is 2. The number of nitro benzene ring substituents is 1. The van der Waals surface area contributed by atoms with Gasteiger partial charge in [0.05, 0.1) is 15.3 Å². The largest absolute Gasteiger partial charge is 0.338 e. The lowest BCUT2D eigenvalue weighted by atomic mass is 10.2. The number of halogens is 1. The molecule has 0 radical (unpaired) electrons. The molecule has 3 rings (SSSR count). The average molecular weight is 409 g/mol. The van der Waals surface area contributed by atoms with Gasteiger partial charge in [0, 0.05) is 29.1 Å². The average Bonchev–Trinajstić information content (AvgIpc) is 3.16. The van der Waals surface area contributed by atoms with Crippen molar-refractivity contribution in [2.45, 2.75) is 13.1 Å². The number of non-ortho nitro benzene ring substituents is 1. The van der Waals surface area contributed by atoms with Crippen LogP contribution < -0.4 is 0 Å². The van der Waals surface area contributed by atoms with Crippen LogP contribution in [0.2, 0.25) is 0 Å². The maximum Gasteiger partial charge on any atom is 0.269 e. The summed E-state index contributed by atoms with van der Waals surface area (Å²) in [6.07, 6.45) is 0. The van der Waals surface area contributed by atoms with Crippen molar-refractivity contribution in [3.63, 3.8) is 0 Å². The molecule has 2 aromatic heterocycles. The second-order valence-corrected chi connectivity index (χ2v) is 7.74. The molecule has 0 N–H and O–H groups in total. The minimum Gasteiger partial charge on any atom is -0.338 e. The molecule has 0 bridgehead atoms. The van der Waals surface area contributed by atoms with Crippen LogP contribution in [0.4, 0.5) is 5.69 Å². The van der Waals surface area contributed by atoms with E-state index in [0.29, 0.717) is 23.8 Å². The van der Waals surface area contributed by atoms with Crippen molar-refractivity contribution in [1.29, 1.82) is 0 Å². The Balaban J connectivity index is 1.65. The highest BCUT2D eigenvalue weighted by Gasteiger charge is 2.13. The number of rotatable bonds is 6. The fourth-order valence-electron chi connectivity index (χ4n) is 2.16. The van der Waals surface area contributed by atoms with Crippen molar-refractivity contribution in [1.82, 2.24) is 15.0 Å². The Morgan fingerprint density at radius 1 is 1.25 bits per heavy atom. The van der Waals surface area contributed by atoms with E-state index in [4.69, 9.17) is 4.52 Å². The van der Waals surface area contributed by atoms with Crippen LogP contribution >= 0.6 is 27.3 Å².